The molecule has 3 aromatic rings. The first-order chi connectivity index (χ1) is 17.9. The first-order valence-electron chi connectivity index (χ1n) is 12.8. The number of piperidine rings is 3. The van der Waals surface area contributed by atoms with Crippen LogP contribution in [0, 0.1) is 17.6 Å². The summed E-state index contributed by atoms with van der Waals surface area (Å²) >= 11 is 1.46. The fourth-order valence-electron chi connectivity index (χ4n) is 5.70. The number of fused-ring (bicyclic) bond motifs is 3. The van der Waals surface area contributed by atoms with E-state index in [4.69, 9.17) is 4.74 Å². The number of hydrogen-bond donors (Lipinski definition) is 1. The van der Waals surface area contributed by atoms with Crippen molar-refractivity contribution < 1.29 is 27.6 Å². The molecule has 2 bridgehead atoms. The van der Waals surface area contributed by atoms with Gasteiger partial charge in [0.05, 0.1) is 23.9 Å². The van der Waals surface area contributed by atoms with Crippen LogP contribution in [0.2, 0.25) is 0 Å². The quantitative estimate of drug-likeness (QED) is 0.211. The molecule has 3 aliphatic rings. The molecular weight excluding hydrogens is 494 g/mol. The Hall–Kier alpha value is -3.10. The lowest BCUT2D eigenvalue weighted by Crippen LogP contribution is -2.65. The third-order valence-corrected chi connectivity index (χ3v) is 8.64. The molecule has 37 heavy (non-hydrogen) atoms. The van der Waals surface area contributed by atoms with Crippen LogP contribution < -0.4 is 5.32 Å². The number of nitrogens with one attached hydrogen (secondary N) is 1. The molecule has 0 amide bonds. The lowest BCUT2D eigenvalue weighted by molar-refractivity contribution is -0.938. The van der Waals surface area contributed by atoms with E-state index in [1.54, 1.807) is 24.3 Å². The molecule has 0 spiro atoms. The van der Waals surface area contributed by atoms with Crippen molar-refractivity contribution in [1.29, 1.82) is 0 Å². The summed E-state index contributed by atoms with van der Waals surface area (Å²) in [6.45, 7) is 3.35. The number of hydrogen-bond acceptors (Lipinski definition) is 5. The van der Waals surface area contributed by atoms with Gasteiger partial charge in [0.25, 0.3) is 0 Å². The highest BCUT2D eigenvalue weighted by molar-refractivity contribution is 7.12. The van der Waals surface area contributed by atoms with Crippen molar-refractivity contribution >= 4 is 28.8 Å². The average Bonchev–Trinajstić information content (AvgIpc) is 3.43. The molecule has 0 saturated carbocycles. The highest BCUT2D eigenvalue weighted by atomic mass is 32.1. The van der Waals surface area contributed by atoms with Gasteiger partial charge in [-0.25, -0.2) is 8.78 Å². The number of halogens is 2. The molecule has 1 N–H and O–H groups in total. The van der Waals surface area contributed by atoms with Gasteiger partial charge in [0.15, 0.2) is 6.10 Å². The molecule has 0 aliphatic carbocycles. The second-order valence-electron chi connectivity index (χ2n) is 10.2. The molecule has 8 heteroatoms. The second-order valence-corrected chi connectivity index (χ2v) is 11.1. The van der Waals surface area contributed by atoms with Crippen molar-refractivity contribution in [3.8, 4) is 0 Å². The van der Waals surface area contributed by atoms with Crippen LogP contribution in [0.5, 0.6) is 0 Å². The van der Waals surface area contributed by atoms with Crippen molar-refractivity contribution in [2.24, 2.45) is 5.92 Å². The zero-order chi connectivity index (χ0) is 25.8. The summed E-state index contributed by atoms with van der Waals surface area (Å²) in [6, 6.07) is 15.9. The van der Waals surface area contributed by atoms with Crippen LogP contribution in [-0.2, 0) is 9.53 Å². The Morgan fingerprint density at radius 3 is 2.51 bits per heavy atom. The van der Waals surface area contributed by atoms with Gasteiger partial charge < -0.3 is 14.5 Å². The van der Waals surface area contributed by atoms with Gasteiger partial charge in [-0.2, -0.15) is 0 Å². The maximum absolute atomic E-state index is 13.6. The van der Waals surface area contributed by atoms with E-state index in [-0.39, 0.29) is 29.5 Å². The first kappa shape index (κ1) is 25.5. The Bertz CT molecular complexity index is 1220. The van der Waals surface area contributed by atoms with Gasteiger partial charge >= 0.3 is 5.97 Å². The van der Waals surface area contributed by atoms with E-state index in [0.717, 1.165) is 30.8 Å². The third kappa shape index (κ3) is 6.08. The molecule has 5 nitrogen and oxygen atoms in total. The van der Waals surface area contributed by atoms with Crippen molar-refractivity contribution in [2.75, 3.05) is 38.0 Å². The Morgan fingerprint density at radius 2 is 1.81 bits per heavy atom. The summed E-state index contributed by atoms with van der Waals surface area (Å²) in [6.07, 6.45) is 2.02. The monoisotopic (exact) mass is 525 g/mol. The minimum atomic E-state index is -0.585. The number of thiophene rings is 1. The standard InChI is InChI=1S/C29H31F2N2O3S/c30-22-8-6-20(7-9-22)25(10-13-32-24-4-1-3-23(31)17-24)29(35)36-27-19-33(14-11-21(27)12-15-33)18-26(34)28-5-2-16-37-28/h1-9,16-17,21,25,27,32H,10-15,18-19H2/q+1/t21?,25?,27-,33?/m0/s1. The van der Waals surface area contributed by atoms with Crippen LogP contribution in [0.15, 0.2) is 66.0 Å². The SMILES string of the molecule is O=C(C[N+]12CCC(CC1)[C@@H](OC(=O)C(CCNc1cccc(F)c1)c1ccc(F)cc1)C2)c1cccs1. The van der Waals surface area contributed by atoms with Crippen molar-refractivity contribution in [3.05, 3.63) is 88.1 Å². The van der Waals surface area contributed by atoms with Gasteiger partial charge in [-0.1, -0.05) is 24.3 Å². The fourth-order valence-corrected chi connectivity index (χ4v) is 6.36. The number of carbonyl (C=O) groups is 2. The third-order valence-electron chi connectivity index (χ3n) is 7.73. The predicted octanol–water partition coefficient (Wildman–Crippen LogP) is 5.65. The number of nitrogens with zero attached hydrogens (tertiary/aromatic N) is 1. The van der Waals surface area contributed by atoms with Gasteiger partial charge in [0.1, 0.15) is 24.7 Å². The molecule has 2 aromatic carbocycles. The summed E-state index contributed by atoms with van der Waals surface area (Å²) in [5.74, 6) is -1.19. The Morgan fingerprint density at radius 1 is 1.03 bits per heavy atom. The molecule has 3 aliphatic heterocycles. The Balaban J connectivity index is 1.26. The van der Waals surface area contributed by atoms with Crippen molar-refractivity contribution in [1.82, 2.24) is 0 Å². The van der Waals surface area contributed by atoms with Gasteiger partial charge in [-0.05, 0) is 53.8 Å². The van der Waals surface area contributed by atoms with Gasteiger partial charge in [0.2, 0.25) is 5.78 Å². The van der Waals surface area contributed by atoms with Gasteiger partial charge in [-0.15, -0.1) is 11.3 Å². The van der Waals surface area contributed by atoms with Crippen LogP contribution in [0.1, 0.15) is 40.4 Å². The van der Waals surface area contributed by atoms with Gasteiger partial charge in [0, 0.05) is 31.0 Å². The second kappa shape index (κ2) is 11.1. The topological polar surface area (TPSA) is 55.4 Å². The van der Waals surface area contributed by atoms with Crippen LogP contribution >= 0.6 is 11.3 Å². The largest absolute Gasteiger partial charge is 0.456 e. The summed E-state index contributed by atoms with van der Waals surface area (Å²) in [4.78, 5) is 27.2. The number of rotatable bonds is 10. The number of ether oxygens (including phenoxy) is 1. The van der Waals surface area contributed by atoms with E-state index < -0.39 is 5.92 Å². The van der Waals surface area contributed by atoms with E-state index in [1.807, 2.05) is 17.5 Å². The molecule has 6 rings (SSSR count). The van der Waals surface area contributed by atoms with E-state index in [1.165, 1.54) is 35.6 Å². The first-order valence-corrected chi connectivity index (χ1v) is 13.7. The maximum Gasteiger partial charge on any atom is 0.313 e. The Labute approximate surface area is 219 Å². The van der Waals surface area contributed by atoms with Crippen LogP contribution in [-0.4, -0.2) is 55.1 Å². The summed E-state index contributed by atoms with van der Waals surface area (Å²) in [5, 5.41) is 5.08. The zero-order valence-electron chi connectivity index (χ0n) is 20.6. The highest BCUT2D eigenvalue weighted by Gasteiger charge is 2.49. The lowest BCUT2D eigenvalue weighted by atomic mass is 9.82. The van der Waals surface area contributed by atoms with E-state index in [9.17, 15) is 18.4 Å². The molecule has 1 aromatic heterocycles. The zero-order valence-corrected chi connectivity index (χ0v) is 21.4. The van der Waals surface area contributed by atoms with Crippen molar-refractivity contribution in [3.63, 3.8) is 0 Å². The molecule has 4 heterocycles. The smallest absolute Gasteiger partial charge is 0.313 e. The predicted molar refractivity (Wildman–Crippen MR) is 140 cm³/mol. The average molecular weight is 526 g/mol. The summed E-state index contributed by atoms with van der Waals surface area (Å²) in [5.41, 5.74) is 1.32. The minimum absolute atomic E-state index is 0.146. The molecule has 3 saturated heterocycles. The van der Waals surface area contributed by atoms with Crippen molar-refractivity contribution in [2.45, 2.75) is 31.3 Å². The molecule has 0 radical (unpaired) electrons. The Kier molecular flexibility index (Phi) is 7.67. The van der Waals surface area contributed by atoms with E-state index >= 15 is 0 Å². The van der Waals surface area contributed by atoms with Crippen LogP contribution in [0.3, 0.4) is 0 Å². The van der Waals surface area contributed by atoms with E-state index in [2.05, 4.69) is 5.32 Å². The maximum atomic E-state index is 13.6. The minimum Gasteiger partial charge on any atom is -0.456 e. The molecule has 1 unspecified atom stereocenters. The normalized spacial score (nSPS) is 23.4. The highest BCUT2D eigenvalue weighted by Crippen LogP contribution is 2.37. The number of carbonyl (C=O) groups excluding carboxylic acids is 2. The number of benzene rings is 2. The summed E-state index contributed by atoms with van der Waals surface area (Å²) < 4.78 is 33.9. The summed E-state index contributed by atoms with van der Waals surface area (Å²) in [7, 11) is 0. The number of Topliss-reactive ketones (excluding diaryl/α,β-unsaturated/α-hetero) is 1. The van der Waals surface area contributed by atoms with E-state index in [0.29, 0.717) is 47.7 Å². The van der Waals surface area contributed by atoms with Crippen LogP contribution in [0.4, 0.5) is 14.5 Å². The lowest BCUT2D eigenvalue weighted by Gasteiger charge is -2.51. The van der Waals surface area contributed by atoms with Gasteiger partial charge in [-0.3, -0.25) is 9.59 Å². The number of ketones is 1. The number of anilines is 1. The van der Waals surface area contributed by atoms with Crippen LogP contribution in [0.25, 0.3) is 0 Å². The molecular formula is C29H31F2N2O3S+. The molecule has 194 valence electrons. The fraction of sp³-hybridized carbons (Fsp3) is 0.379. The number of esters is 1. The molecule has 3 fully saturated rings. The molecule has 2 atom stereocenters. The number of quaternary nitrogens is 1.